The Bertz CT molecular complexity index is 750. The molecule has 0 saturated heterocycles. The summed E-state index contributed by atoms with van der Waals surface area (Å²) in [6.45, 7) is 1.90. The van der Waals surface area contributed by atoms with Gasteiger partial charge in [-0.15, -0.1) is 0 Å². The van der Waals surface area contributed by atoms with Gasteiger partial charge in [-0.2, -0.15) is 14.6 Å². The molecule has 96 valence electrons. The highest BCUT2D eigenvalue weighted by Crippen LogP contribution is 2.35. The normalized spacial score (nSPS) is 10.8. The predicted molar refractivity (Wildman–Crippen MR) is 71.9 cm³/mol. The monoisotopic (exact) mass is 255 g/mol. The maximum atomic E-state index is 6.18. The predicted octanol–water partition coefficient (Wildman–Crippen LogP) is 1.69. The Morgan fingerprint density at radius 3 is 2.84 bits per heavy atom. The minimum Gasteiger partial charge on any atom is -0.496 e. The van der Waals surface area contributed by atoms with Crippen LogP contribution in [0.25, 0.3) is 16.9 Å². The maximum absolute atomic E-state index is 6.18. The van der Waals surface area contributed by atoms with Crippen LogP contribution in [0.1, 0.15) is 5.69 Å². The molecule has 0 aliphatic carbocycles. The molecule has 0 fully saturated rings. The number of aromatic nitrogens is 4. The number of benzene rings is 1. The average Bonchev–Trinajstić information content (AvgIpc) is 2.87. The first-order valence-corrected chi connectivity index (χ1v) is 5.81. The average molecular weight is 255 g/mol. The van der Waals surface area contributed by atoms with Crippen molar-refractivity contribution in [3.8, 4) is 16.9 Å². The van der Waals surface area contributed by atoms with E-state index in [0.717, 1.165) is 22.6 Å². The van der Waals surface area contributed by atoms with Gasteiger partial charge in [0, 0.05) is 11.1 Å². The number of rotatable bonds is 2. The lowest BCUT2D eigenvalue weighted by Crippen LogP contribution is -2.06. The van der Waals surface area contributed by atoms with Crippen molar-refractivity contribution < 1.29 is 4.74 Å². The topological polar surface area (TPSA) is 78.3 Å². The fourth-order valence-electron chi connectivity index (χ4n) is 2.16. The molecular formula is C13H13N5O. The lowest BCUT2D eigenvalue weighted by molar-refractivity contribution is 0.416. The smallest absolute Gasteiger partial charge is 0.254 e. The van der Waals surface area contributed by atoms with Gasteiger partial charge < -0.3 is 10.5 Å². The zero-order valence-corrected chi connectivity index (χ0v) is 10.7. The number of aryl methyl sites for hydroxylation is 1. The fourth-order valence-corrected chi connectivity index (χ4v) is 2.16. The molecule has 6 nitrogen and oxygen atoms in total. The number of anilines is 1. The highest BCUT2D eigenvalue weighted by molar-refractivity contribution is 5.81. The van der Waals surface area contributed by atoms with Crippen LogP contribution in [0, 0.1) is 6.92 Å². The van der Waals surface area contributed by atoms with Gasteiger partial charge in [0.2, 0.25) is 0 Å². The summed E-state index contributed by atoms with van der Waals surface area (Å²) in [7, 11) is 1.63. The second kappa shape index (κ2) is 4.24. The molecule has 0 unspecified atom stereocenters. The summed E-state index contributed by atoms with van der Waals surface area (Å²) < 4.78 is 6.90. The molecule has 3 rings (SSSR count). The molecule has 2 N–H and O–H groups in total. The fraction of sp³-hybridized carbons (Fsp3) is 0.154. The Labute approximate surface area is 109 Å². The molecule has 0 atom stereocenters. The van der Waals surface area contributed by atoms with E-state index in [0.29, 0.717) is 11.6 Å². The molecule has 0 bridgehead atoms. The number of fused-ring (bicyclic) bond motifs is 1. The molecule has 1 aromatic carbocycles. The second-order valence-electron chi connectivity index (χ2n) is 4.13. The molecule has 0 aliphatic rings. The van der Waals surface area contributed by atoms with Crippen molar-refractivity contribution in [3.05, 3.63) is 36.3 Å². The van der Waals surface area contributed by atoms with Crippen molar-refractivity contribution >= 4 is 11.6 Å². The number of hydrogen-bond donors (Lipinski definition) is 1. The Balaban J connectivity index is 2.35. The first-order valence-electron chi connectivity index (χ1n) is 5.81. The van der Waals surface area contributed by atoms with Crippen molar-refractivity contribution in [2.45, 2.75) is 6.92 Å². The van der Waals surface area contributed by atoms with Gasteiger partial charge in [-0.05, 0) is 13.0 Å². The Morgan fingerprint density at radius 2 is 2.05 bits per heavy atom. The zero-order valence-electron chi connectivity index (χ0n) is 10.7. The van der Waals surface area contributed by atoms with E-state index in [1.807, 2.05) is 31.2 Å². The summed E-state index contributed by atoms with van der Waals surface area (Å²) in [5, 5.41) is 4.08. The van der Waals surface area contributed by atoms with E-state index in [1.165, 1.54) is 10.8 Å². The number of methoxy groups -OCH3 is 1. The SMILES string of the molecule is COc1ccccc1-c1c(C)nc2ncnn2c1N. The van der Waals surface area contributed by atoms with Gasteiger partial charge in [-0.25, -0.2) is 4.98 Å². The summed E-state index contributed by atoms with van der Waals surface area (Å²) in [6.07, 6.45) is 1.43. The third-order valence-electron chi connectivity index (χ3n) is 3.02. The third kappa shape index (κ3) is 1.69. The Morgan fingerprint density at radius 1 is 1.26 bits per heavy atom. The van der Waals surface area contributed by atoms with Crippen molar-refractivity contribution in [2.24, 2.45) is 0 Å². The molecule has 0 aliphatic heterocycles. The van der Waals surface area contributed by atoms with Gasteiger partial charge in [0.25, 0.3) is 5.78 Å². The molecule has 0 saturated carbocycles. The van der Waals surface area contributed by atoms with Gasteiger partial charge in [0.05, 0.1) is 12.8 Å². The number of hydrogen-bond acceptors (Lipinski definition) is 5. The summed E-state index contributed by atoms with van der Waals surface area (Å²) in [6, 6.07) is 7.68. The van der Waals surface area contributed by atoms with Crippen LogP contribution < -0.4 is 10.5 Å². The van der Waals surface area contributed by atoms with E-state index in [1.54, 1.807) is 7.11 Å². The van der Waals surface area contributed by atoms with Gasteiger partial charge in [-0.1, -0.05) is 18.2 Å². The van der Waals surface area contributed by atoms with Crippen molar-refractivity contribution in [3.63, 3.8) is 0 Å². The van der Waals surface area contributed by atoms with Crippen LogP contribution in [-0.4, -0.2) is 26.7 Å². The summed E-state index contributed by atoms with van der Waals surface area (Å²) in [4.78, 5) is 8.45. The molecule has 0 radical (unpaired) electrons. The Kier molecular flexibility index (Phi) is 2.56. The molecule has 0 amide bonds. The quantitative estimate of drug-likeness (QED) is 0.753. The third-order valence-corrected chi connectivity index (χ3v) is 3.02. The maximum Gasteiger partial charge on any atom is 0.254 e. The number of para-hydroxylation sites is 1. The largest absolute Gasteiger partial charge is 0.496 e. The number of nitrogens with zero attached hydrogens (tertiary/aromatic N) is 4. The van der Waals surface area contributed by atoms with Gasteiger partial charge in [0.15, 0.2) is 0 Å². The van der Waals surface area contributed by atoms with E-state index in [4.69, 9.17) is 10.5 Å². The highest BCUT2D eigenvalue weighted by atomic mass is 16.5. The van der Waals surface area contributed by atoms with Crippen LogP contribution >= 0.6 is 0 Å². The molecule has 0 spiro atoms. The van der Waals surface area contributed by atoms with Gasteiger partial charge >= 0.3 is 0 Å². The van der Waals surface area contributed by atoms with E-state index < -0.39 is 0 Å². The first kappa shape index (κ1) is 11.5. The highest BCUT2D eigenvalue weighted by Gasteiger charge is 2.16. The summed E-state index contributed by atoms with van der Waals surface area (Å²) in [5.74, 6) is 1.75. The van der Waals surface area contributed by atoms with Crippen LogP contribution in [0.5, 0.6) is 5.75 Å². The van der Waals surface area contributed by atoms with Crippen molar-refractivity contribution in [2.75, 3.05) is 12.8 Å². The number of nitrogen functional groups attached to an aromatic ring is 1. The van der Waals surface area contributed by atoms with E-state index in [9.17, 15) is 0 Å². The van der Waals surface area contributed by atoms with E-state index in [-0.39, 0.29) is 0 Å². The lowest BCUT2D eigenvalue weighted by Gasteiger charge is -2.13. The summed E-state index contributed by atoms with van der Waals surface area (Å²) >= 11 is 0. The van der Waals surface area contributed by atoms with Crippen LogP contribution in [0.3, 0.4) is 0 Å². The number of ether oxygens (including phenoxy) is 1. The van der Waals surface area contributed by atoms with Crippen LogP contribution in [0.4, 0.5) is 5.82 Å². The van der Waals surface area contributed by atoms with E-state index in [2.05, 4.69) is 15.1 Å². The van der Waals surface area contributed by atoms with Crippen LogP contribution in [-0.2, 0) is 0 Å². The van der Waals surface area contributed by atoms with Gasteiger partial charge in [0.1, 0.15) is 17.9 Å². The van der Waals surface area contributed by atoms with Crippen LogP contribution in [0.15, 0.2) is 30.6 Å². The van der Waals surface area contributed by atoms with E-state index >= 15 is 0 Å². The minimum absolute atomic E-state index is 0.494. The molecule has 2 heterocycles. The molecule has 3 aromatic rings. The molecule has 2 aromatic heterocycles. The van der Waals surface area contributed by atoms with Crippen molar-refractivity contribution in [1.29, 1.82) is 0 Å². The van der Waals surface area contributed by atoms with Gasteiger partial charge in [-0.3, -0.25) is 0 Å². The van der Waals surface area contributed by atoms with Crippen molar-refractivity contribution in [1.82, 2.24) is 19.6 Å². The lowest BCUT2D eigenvalue weighted by atomic mass is 10.0. The molecular weight excluding hydrogens is 242 g/mol. The van der Waals surface area contributed by atoms with Crippen LogP contribution in [0.2, 0.25) is 0 Å². The Hall–Kier alpha value is -2.63. The zero-order chi connectivity index (χ0) is 13.4. The second-order valence-corrected chi connectivity index (χ2v) is 4.13. The standard InChI is InChI=1S/C13H13N5O/c1-8-11(9-5-3-4-6-10(9)19-2)12(14)18-13(17-8)15-7-16-18/h3-7H,14H2,1-2H3. The number of nitrogens with two attached hydrogens (primary N) is 1. The molecule has 19 heavy (non-hydrogen) atoms. The molecule has 6 heteroatoms. The first-order chi connectivity index (χ1) is 9.22. The minimum atomic E-state index is 0.494. The summed E-state index contributed by atoms with van der Waals surface area (Å²) in [5.41, 5.74) is 8.69.